The van der Waals surface area contributed by atoms with E-state index in [0.717, 1.165) is 12.1 Å². The highest BCUT2D eigenvalue weighted by atomic mass is 31.1. The molecule has 3 atom stereocenters. The first-order chi connectivity index (χ1) is 18.0. The molecule has 3 heterocycles. The summed E-state index contributed by atoms with van der Waals surface area (Å²) in [6, 6.07) is 31.4. The molecule has 0 aliphatic carbocycles. The van der Waals surface area contributed by atoms with Crippen molar-refractivity contribution >= 4 is 46.3 Å². The molecule has 2 bridgehead atoms. The third kappa shape index (κ3) is 3.32. The molecule has 0 N–H and O–H groups in total. The van der Waals surface area contributed by atoms with E-state index in [9.17, 15) is 0 Å². The number of benzene rings is 4. The van der Waals surface area contributed by atoms with Crippen LogP contribution >= 0.6 is 7.92 Å². The maximum Gasteiger partial charge on any atom is 0.217 e. The minimum Gasteiger partial charge on any atom is -0.475 e. The first-order valence-corrected chi connectivity index (χ1v) is 14.9. The van der Waals surface area contributed by atoms with Gasteiger partial charge in [-0.15, -0.1) is 0 Å². The molecule has 4 aromatic carbocycles. The zero-order valence-corrected chi connectivity index (χ0v) is 22.8. The molecule has 4 aromatic rings. The first-order valence-electron chi connectivity index (χ1n) is 13.4. The standard InChI is InChI=1S/C34H32NOP/c1-21(2)29-19-36-33(35-29)32-30(24-12-6-5-7-13-24)34(4)20-37(32)31(22(34)3)28-16-10-15-26-25-14-9-8-11-23(25)17-18-27(26)28/h5-18,21,29H,19-20H2,1-4H3/t29-,34+,37?/m1/s1. The van der Waals surface area contributed by atoms with Crippen molar-refractivity contribution in [3.8, 4) is 0 Å². The van der Waals surface area contributed by atoms with Crippen LogP contribution in [0.5, 0.6) is 0 Å². The summed E-state index contributed by atoms with van der Waals surface area (Å²) in [4.78, 5) is 5.18. The van der Waals surface area contributed by atoms with Gasteiger partial charge in [0.1, 0.15) is 6.61 Å². The Hall–Kier alpha value is -3.22. The summed E-state index contributed by atoms with van der Waals surface area (Å²) in [6.07, 6.45) is 1.14. The second-order valence-corrected chi connectivity index (χ2v) is 13.3. The van der Waals surface area contributed by atoms with Crippen molar-refractivity contribution in [3.05, 3.63) is 107 Å². The van der Waals surface area contributed by atoms with Gasteiger partial charge in [0.05, 0.1) is 6.04 Å². The van der Waals surface area contributed by atoms with Crippen LogP contribution in [0, 0.1) is 11.3 Å². The van der Waals surface area contributed by atoms with Crippen LogP contribution in [0.4, 0.5) is 0 Å². The van der Waals surface area contributed by atoms with Gasteiger partial charge in [-0.3, -0.25) is 0 Å². The SMILES string of the molecule is CC1=C(c2cccc3c2ccc2ccccc23)P2C[C@]1(C)C(c1ccccc1)=C2C1=N[C@@H](C(C)C)CO1. The van der Waals surface area contributed by atoms with Crippen LogP contribution < -0.4 is 0 Å². The molecule has 3 aliphatic heterocycles. The molecule has 2 nitrogen and oxygen atoms in total. The molecule has 0 spiro atoms. The summed E-state index contributed by atoms with van der Waals surface area (Å²) in [5, 5.41) is 8.22. The fourth-order valence-corrected chi connectivity index (χ4v) is 10.3. The van der Waals surface area contributed by atoms with Gasteiger partial charge < -0.3 is 4.74 Å². The number of ether oxygens (including phenoxy) is 1. The van der Waals surface area contributed by atoms with Crippen LogP contribution in [-0.2, 0) is 4.74 Å². The molecular weight excluding hydrogens is 469 g/mol. The summed E-state index contributed by atoms with van der Waals surface area (Å²) in [5.41, 5.74) is 5.64. The van der Waals surface area contributed by atoms with Crippen LogP contribution in [0.1, 0.15) is 38.8 Å². The normalized spacial score (nSPS) is 25.1. The molecule has 1 unspecified atom stereocenters. The minimum atomic E-state index is -0.585. The predicted molar refractivity (Wildman–Crippen MR) is 159 cm³/mol. The number of nitrogens with zero attached hydrogens (tertiary/aromatic N) is 1. The van der Waals surface area contributed by atoms with Crippen molar-refractivity contribution in [2.75, 3.05) is 12.8 Å². The first kappa shape index (κ1) is 22.9. The number of hydrogen-bond donors (Lipinski definition) is 0. The third-order valence-corrected chi connectivity index (χ3v) is 11.8. The number of fused-ring (bicyclic) bond motifs is 5. The summed E-state index contributed by atoms with van der Waals surface area (Å²) < 4.78 is 6.41. The van der Waals surface area contributed by atoms with E-state index in [4.69, 9.17) is 9.73 Å². The lowest BCUT2D eigenvalue weighted by Crippen LogP contribution is -2.20. The molecule has 3 aliphatic rings. The number of aliphatic imine (C=N–C) groups is 1. The Kier molecular flexibility index (Phi) is 5.21. The van der Waals surface area contributed by atoms with Crippen LogP contribution in [-0.4, -0.2) is 24.7 Å². The van der Waals surface area contributed by atoms with Gasteiger partial charge in [0.25, 0.3) is 0 Å². The van der Waals surface area contributed by atoms with Crippen LogP contribution in [0.3, 0.4) is 0 Å². The number of hydrogen-bond acceptors (Lipinski definition) is 2. The average molecular weight is 502 g/mol. The van der Waals surface area contributed by atoms with Crippen molar-refractivity contribution in [1.29, 1.82) is 0 Å². The van der Waals surface area contributed by atoms with E-state index >= 15 is 0 Å². The fourth-order valence-electron chi connectivity index (χ4n) is 6.57. The molecule has 0 fully saturated rings. The van der Waals surface area contributed by atoms with E-state index < -0.39 is 7.92 Å². The summed E-state index contributed by atoms with van der Waals surface area (Å²) in [5.74, 6) is 1.38. The zero-order valence-electron chi connectivity index (χ0n) is 22.0. The van der Waals surface area contributed by atoms with Gasteiger partial charge in [0.15, 0.2) is 0 Å². The summed E-state index contributed by atoms with van der Waals surface area (Å²) in [7, 11) is -0.585. The molecule has 0 radical (unpaired) electrons. The third-order valence-electron chi connectivity index (χ3n) is 8.74. The topological polar surface area (TPSA) is 21.6 Å². The van der Waals surface area contributed by atoms with Crippen molar-refractivity contribution in [2.24, 2.45) is 16.3 Å². The Bertz CT molecular complexity index is 1660. The Morgan fingerprint density at radius 1 is 0.838 bits per heavy atom. The van der Waals surface area contributed by atoms with Crippen LogP contribution in [0.15, 0.2) is 101 Å². The molecule has 0 aromatic heterocycles. The van der Waals surface area contributed by atoms with E-state index in [2.05, 4.69) is 113 Å². The van der Waals surface area contributed by atoms with Crippen molar-refractivity contribution in [2.45, 2.75) is 33.7 Å². The number of allylic oxidation sites excluding steroid dienone is 2. The molecule has 184 valence electrons. The monoisotopic (exact) mass is 501 g/mol. The van der Waals surface area contributed by atoms with Gasteiger partial charge in [0, 0.05) is 10.7 Å². The molecular formula is C34H32NOP. The Labute approximate surface area is 220 Å². The lowest BCUT2D eigenvalue weighted by Gasteiger charge is -2.31. The van der Waals surface area contributed by atoms with E-state index in [1.807, 2.05) is 0 Å². The highest BCUT2D eigenvalue weighted by Gasteiger charge is 2.54. The van der Waals surface area contributed by atoms with Crippen molar-refractivity contribution in [3.63, 3.8) is 0 Å². The van der Waals surface area contributed by atoms with Crippen molar-refractivity contribution < 1.29 is 4.74 Å². The maximum atomic E-state index is 6.41. The van der Waals surface area contributed by atoms with Crippen LogP contribution in [0.25, 0.3) is 32.4 Å². The lowest BCUT2D eigenvalue weighted by atomic mass is 9.74. The van der Waals surface area contributed by atoms with E-state index in [0.29, 0.717) is 12.5 Å². The molecule has 0 saturated heterocycles. The zero-order chi connectivity index (χ0) is 25.3. The Morgan fingerprint density at radius 3 is 2.38 bits per heavy atom. The van der Waals surface area contributed by atoms with Gasteiger partial charge in [-0.1, -0.05) is 111 Å². The smallest absolute Gasteiger partial charge is 0.217 e. The second-order valence-electron chi connectivity index (χ2n) is 11.2. The van der Waals surface area contributed by atoms with Gasteiger partial charge in [-0.2, -0.15) is 0 Å². The average Bonchev–Trinajstić information content (AvgIpc) is 3.59. The molecule has 3 heteroatoms. The Morgan fingerprint density at radius 2 is 1.59 bits per heavy atom. The fraction of sp³-hybridized carbons (Fsp3) is 0.265. The van der Waals surface area contributed by atoms with Gasteiger partial charge >= 0.3 is 0 Å². The summed E-state index contributed by atoms with van der Waals surface area (Å²) >= 11 is 0. The highest BCUT2D eigenvalue weighted by molar-refractivity contribution is 7.75. The number of rotatable bonds is 4. The van der Waals surface area contributed by atoms with Gasteiger partial charge in [0.2, 0.25) is 5.90 Å². The van der Waals surface area contributed by atoms with Gasteiger partial charge in [-0.25, -0.2) is 4.99 Å². The van der Waals surface area contributed by atoms with E-state index in [1.165, 1.54) is 54.4 Å². The minimum absolute atomic E-state index is 0.0153. The van der Waals surface area contributed by atoms with Crippen molar-refractivity contribution in [1.82, 2.24) is 0 Å². The molecule has 7 rings (SSSR count). The molecule has 0 saturated carbocycles. The summed E-state index contributed by atoms with van der Waals surface area (Å²) in [6.45, 7) is 10.0. The molecule has 0 amide bonds. The van der Waals surface area contributed by atoms with Gasteiger partial charge in [-0.05, 0) is 70.5 Å². The second kappa shape index (κ2) is 8.40. The van der Waals surface area contributed by atoms with E-state index in [1.54, 1.807) is 0 Å². The molecule has 37 heavy (non-hydrogen) atoms. The highest BCUT2D eigenvalue weighted by Crippen LogP contribution is 2.78. The predicted octanol–water partition coefficient (Wildman–Crippen LogP) is 9.10. The van der Waals surface area contributed by atoms with Crippen LogP contribution in [0.2, 0.25) is 0 Å². The quantitative estimate of drug-likeness (QED) is 0.202. The largest absolute Gasteiger partial charge is 0.475 e. The van der Waals surface area contributed by atoms with E-state index in [-0.39, 0.29) is 11.5 Å². The lowest BCUT2D eigenvalue weighted by molar-refractivity contribution is 0.292. The maximum absolute atomic E-state index is 6.41. The Balaban J connectivity index is 1.46.